The maximum atomic E-state index is 5.64. The molecule has 1 heteroatoms. The average Bonchev–Trinajstić information content (AvgIpc) is 3.67. The third kappa shape index (κ3) is 5.12. The van der Waals surface area contributed by atoms with E-state index in [9.17, 15) is 0 Å². The largest absolute Gasteiger partial charge is 0.271 e. The summed E-state index contributed by atoms with van der Waals surface area (Å²) in [6, 6.07) is 72.8. The molecule has 0 spiro atoms. The lowest BCUT2D eigenvalue weighted by molar-refractivity contribution is 1.08. The van der Waals surface area contributed by atoms with Crippen LogP contribution < -0.4 is 0 Å². The van der Waals surface area contributed by atoms with E-state index in [4.69, 9.17) is 4.99 Å². The topological polar surface area (TPSA) is 12.4 Å². The lowest BCUT2D eigenvalue weighted by Gasteiger charge is -2.26. The van der Waals surface area contributed by atoms with E-state index in [1.54, 1.807) is 0 Å². The summed E-state index contributed by atoms with van der Waals surface area (Å²) in [5.74, 6) is 0. The molecule has 0 bridgehead atoms. The van der Waals surface area contributed by atoms with Crippen LogP contribution in [0.1, 0.15) is 27.8 Å². The zero-order valence-electron chi connectivity index (χ0n) is 30.2. The van der Waals surface area contributed by atoms with Crippen molar-refractivity contribution in [3.8, 4) is 22.3 Å². The van der Waals surface area contributed by atoms with Crippen LogP contribution >= 0.6 is 0 Å². The number of fused-ring (bicyclic) bond motifs is 6. The Bertz CT molecular complexity index is 3000. The first-order valence-electron chi connectivity index (χ1n) is 19.1. The Balaban J connectivity index is 1.20. The summed E-state index contributed by atoms with van der Waals surface area (Å²) in [4.78, 5) is 5.64. The molecule has 1 aliphatic heterocycles. The van der Waals surface area contributed by atoms with Crippen molar-refractivity contribution in [1.82, 2.24) is 0 Å². The molecule has 1 heterocycles. The lowest BCUT2D eigenvalue weighted by Crippen LogP contribution is -2.13. The predicted octanol–water partition coefficient (Wildman–Crippen LogP) is 13.8. The smallest absolute Gasteiger partial charge is 0.103 e. The molecule has 1 atom stereocenters. The van der Waals surface area contributed by atoms with Crippen molar-refractivity contribution in [2.24, 2.45) is 4.99 Å². The van der Waals surface area contributed by atoms with E-state index in [2.05, 4.69) is 206 Å². The van der Waals surface area contributed by atoms with Crippen LogP contribution in [0.2, 0.25) is 0 Å². The van der Waals surface area contributed by atoms with Crippen molar-refractivity contribution < 1.29 is 0 Å². The molecule has 0 fully saturated rings. The zero-order chi connectivity index (χ0) is 36.3. The van der Waals surface area contributed by atoms with Gasteiger partial charge in [0.25, 0.3) is 0 Å². The molecule has 0 amide bonds. The van der Waals surface area contributed by atoms with Gasteiger partial charge in [0.1, 0.15) is 6.04 Å². The Morgan fingerprint density at radius 2 is 0.855 bits per heavy atom. The molecule has 0 saturated heterocycles. The van der Waals surface area contributed by atoms with Crippen LogP contribution in [0.25, 0.3) is 77.4 Å². The minimum atomic E-state index is -0.140. The Morgan fingerprint density at radius 3 is 1.47 bits per heavy atom. The monoisotopic (exact) mass is 697 g/mol. The highest BCUT2D eigenvalue weighted by Crippen LogP contribution is 2.50. The SMILES string of the molecule is C1=C(c2ccccc2)C2N=C(c3ccccc3)C(c3ccccc3)=C2c2cc(-c3c4ccccc4c(-c4ccc5ccccc5c4)c4ccccc34)ccc21. The van der Waals surface area contributed by atoms with E-state index in [1.165, 1.54) is 93.5 Å². The van der Waals surface area contributed by atoms with Crippen LogP contribution in [0.3, 0.4) is 0 Å². The Hall–Kier alpha value is -7.09. The van der Waals surface area contributed by atoms with Gasteiger partial charge in [0, 0.05) is 11.1 Å². The first-order valence-corrected chi connectivity index (χ1v) is 19.1. The molecule has 0 N–H and O–H groups in total. The van der Waals surface area contributed by atoms with Gasteiger partial charge in [-0.3, -0.25) is 4.99 Å². The Labute approximate surface area is 320 Å². The highest BCUT2D eigenvalue weighted by molar-refractivity contribution is 6.41. The molecule has 9 aromatic rings. The molecule has 0 saturated carbocycles. The molecule has 0 radical (unpaired) electrons. The molecule has 1 aliphatic carbocycles. The van der Waals surface area contributed by atoms with Crippen LogP contribution in [0.15, 0.2) is 205 Å². The highest BCUT2D eigenvalue weighted by atomic mass is 14.9. The van der Waals surface area contributed by atoms with Gasteiger partial charge < -0.3 is 0 Å². The second-order valence-electron chi connectivity index (χ2n) is 14.6. The molecule has 11 rings (SSSR count). The predicted molar refractivity (Wildman–Crippen MR) is 234 cm³/mol. The van der Waals surface area contributed by atoms with Gasteiger partial charge in [0.05, 0.1) is 5.71 Å². The Kier molecular flexibility index (Phi) is 7.31. The van der Waals surface area contributed by atoms with Gasteiger partial charge in [0.2, 0.25) is 0 Å². The van der Waals surface area contributed by atoms with Gasteiger partial charge in [-0.1, -0.05) is 188 Å². The van der Waals surface area contributed by atoms with Crippen molar-refractivity contribution >= 4 is 60.8 Å². The van der Waals surface area contributed by atoms with Crippen molar-refractivity contribution in [2.75, 3.05) is 0 Å². The van der Waals surface area contributed by atoms with Gasteiger partial charge in [-0.2, -0.15) is 0 Å². The summed E-state index contributed by atoms with van der Waals surface area (Å²) < 4.78 is 0. The van der Waals surface area contributed by atoms with E-state index in [0.717, 1.165) is 11.3 Å². The number of allylic oxidation sites excluding steroid dienone is 1. The van der Waals surface area contributed by atoms with Gasteiger partial charge in [-0.25, -0.2) is 0 Å². The first-order chi connectivity index (χ1) is 27.3. The van der Waals surface area contributed by atoms with Gasteiger partial charge in [0.15, 0.2) is 0 Å². The summed E-state index contributed by atoms with van der Waals surface area (Å²) in [5.41, 5.74) is 15.7. The summed E-state index contributed by atoms with van der Waals surface area (Å²) in [6.07, 6.45) is 2.38. The van der Waals surface area contributed by atoms with Crippen molar-refractivity contribution in [1.29, 1.82) is 0 Å². The van der Waals surface area contributed by atoms with Crippen LogP contribution in [-0.2, 0) is 0 Å². The third-order valence-corrected chi connectivity index (χ3v) is 11.5. The molecule has 55 heavy (non-hydrogen) atoms. The number of rotatable bonds is 5. The standard InChI is InChI=1S/C54H35N/c1-4-17-36(18-5-1)48-33-40-29-31-42(34-47(40)52-51(37-19-6-2-7-20-37)53(55-54(48)52)38-21-8-3-9-22-38)50-45-26-14-12-24-43(45)49(44-25-13-15-27-46(44)50)41-30-28-35-16-10-11-23-39(35)32-41/h1-34,54H. The van der Waals surface area contributed by atoms with Gasteiger partial charge >= 0.3 is 0 Å². The van der Waals surface area contributed by atoms with E-state index < -0.39 is 0 Å². The van der Waals surface area contributed by atoms with E-state index in [-0.39, 0.29) is 6.04 Å². The number of benzene rings is 9. The van der Waals surface area contributed by atoms with Crippen molar-refractivity contribution in [3.05, 3.63) is 228 Å². The fourth-order valence-electron chi connectivity index (χ4n) is 9.03. The molecule has 1 nitrogen and oxygen atoms in total. The summed E-state index contributed by atoms with van der Waals surface area (Å²) >= 11 is 0. The quantitative estimate of drug-likeness (QED) is 0.159. The van der Waals surface area contributed by atoms with Gasteiger partial charge in [-0.05, 0) is 106 Å². The van der Waals surface area contributed by atoms with Gasteiger partial charge in [-0.15, -0.1) is 0 Å². The molecular formula is C54H35N. The third-order valence-electron chi connectivity index (χ3n) is 11.5. The maximum absolute atomic E-state index is 5.64. The minimum absolute atomic E-state index is 0.140. The van der Waals surface area contributed by atoms with Crippen LogP contribution in [0, 0.1) is 0 Å². The molecular weight excluding hydrogens is 663 g/mol. The van der Waals surface area contributed by atoms with Crippen LogP contribution in [-0.4, -0.2) is 11.8 Å². The summed E-state index contributed by atoms with van der Waals surface area (Å²) in [7, 11) is 0. The fraction of sp³-hybridized carbons (Fsp3) is 0.0185. The highest BCUT2D eigenvalue weighted by Gasteiger charge is 2.37. The maximum Gasteiger partial charge on any atom is 0.103 e. The normalized spacial score (nSPS) is 14.9. The number of aliphatic imine (C=N–C) groups is 1. The second kappa shape index (κ2) is 12.8. The summed E-state index contributed by atoms with van der Waals surface area (Å²) in [6.45, 7) is 0. The molecule has 1 unspecified atom stereocenters. The number of hydrogen-bond acceptors (Lipinski definition) is 1. The second-order valence-corrected chi connectivity index (χ2v) is 14.6. The van der Waals surface area contributed by atoms with Crippen molar-refractivity contribution in [2.45, 2.75) is 6.04 Å². The van der Waals surface area contributed by atoms with E-state index >= 15 is 0 Å². The molecule has 256 valence electrons. The molecule has 0 aromatic heterocycles. The average molecular weight is 698 g/mol. The van der Waals surface area contributed by atoms with Crippen LogP contribution in [0.4, 0.5) is 0 Å². The van der Waals surface area contributed by atoms with Crippen molar-refractivity contribution in [3.63, 3.8) is 0 Å². The Morgan fingerprint density at radius 1 is 0.364 bits per heavy atom. The zero-order valence-corrected chi connectivity index (χ0v) is 30.2. The fourth-order valence-corrected chi connectivity index (χ4v) is 9.03. The lowest BCUT2D eigenvalue weighted by atomic mass is 9.77. The van der Waals surface area contributed by atoms with E-state index in [1.807, 2.05) is 0 Å². The number of hydrogen-bond donors (Lipinski definition) is 0. The van der Waals surface area contributed by atoms with Crippen LogP contribution in [0.5, 0.6) is 0 Å². The molecule has 2 aliphatic rings. The minimum Gasteiger partial charge on any atom is -0.271 e. The van der Waals surface area contributed by atoms with E-state index in [0.29, 0.717) is 0 Å². The summed E-state index contributed by atoms with van der Waals surface area (Å²) in [5, 5.41) is 7.52. The number of nitrogens with zero attached hydrogens (tertiary/aromatic N) is 1. The first kappa shape index (κ1) is 31.4. The molecule has 9 aromatic carbocycles.